The molecule has 0 amide bonds. The molecule has 4 aliphatic rings. The maximum atomic E-state index is 13.5. The van der Waals surface area contributed by atoms with Gasteiger partial charge in [0.25, 0.3) is 0 Å². The number of methoxy groups -OCH3 is 2. The number of halogens is 1. The summed E-state index contributed by atoms with van der Waals surface area (Å²) in [5, 5.41) is 0.322. The summed E-state index contributed by atoms with van der Waals surface area (Å²) in [6.45, 7) is 1.32. The van der Waals surface area contributed by atoms with Crippen LogP contribution in [-0.2, 0) is 23.7 Å². The Hall–Kier alpha value is -2.71. The average molecular weight is 435 g/mol. The van der Waals surface area contributed by atoms with Crippen LogP contribution in [0.2, 0.25) is 5.02 Å². The summed E-state index contributed by atoms with van der Waals surface area (Å²) in [6, 6.07) is 3.27. The Morgan fingerprint density at radius 3 is 2.70 bits per heavy atom. The maximum absolute atomic E-state index is 13.5. The molecule has 3 heterocycles. The highest BCUT2D eigenvalue weighted by Crippen LogP contribution is 2.52. The molecule has 2 unspecified atom stereocenters. The van der Waals surface area contributed by atoms with Crippen LogP contribution in [0.1, 0.15) is 23.7 Å². The van der Waals surface area contributed by atoms with Gasteiger partial charge in [-0.2, -0.15) is 0 Å². The first-order valence-corrected chi connectivity index (χ1v) is 9.87. The van der Waals surface area contributed by atoms with E-state index in [2.05, 4.69) is 0 Å². The molecule has 9 heteroatoms. The lowest BCUT2D eigenvalue weighted by molar-refractivity contribution is -0.196. The minimum atomic E-state index is -0.719. The van der Waals surface area contributed by atoms with Crippen molar-refractivity contribution in [1.82, 2.24) is 0 Å². The van der Waals surface area contributed by atoms with Crippen LogP contribution in [0.3, 0.4) is 0 Å². The van der Waals surface area contributed by atoms with E-state index in [-0.39, 0.29) is 23.0 Å². The number of fused-ring (bicyclic) bond motifs is 5. The summed E-state index contributed by atoms with van der Waals surface area (Å²) in [7, 11) is 2.96. The number of esters is 1. The van der Waals surface area contributed by atoms with Gasteiger partial charge in [0.15, 0.2) is 11.5 Å². The smallest absolute Gasteiger partial charge is 0.304 e. The Morgan fingerprint density at radius 1 is 1.20 bits per heavy atom. The second kappa shape index (κ2) is 6.92. The quantitative estimate of drug-likeness (QED) is 0.671. The van der Waals surface area contributed by atoms with E-state index in [0.29, 0.717) is 28.7 Å². The Labute approximate surface area is 177 Å². The van der Waals surface area contributed by atoms with Crippen LogP contribution in [0.5, 0.6) is 11.5 Å². The highest BCUT2D eigenvalue weighted by Gasteiger charge is 2.54. The van der Waals surface area contributed by atoms with E-state index in [4.69, 9.17) is 40.0 Å². The molecule has 1 aliphatic carbocycles. The van der Waals surface area contributed by atoms with Crippen LogP contribution in [0, 0.1) is 11.8 Å². The van der Waals surface area contributed by atoms with Gasteiger partial charge in [-0.25, -0.2) is 0 Å². The SMILES string of the molecule is COC1=C2C(=CC3Oc4ccc(Cl)c(OC)c4C(=O)C13)O[C@H]1O[C@H](OC(C)=O)C[C@@H]21. The monoisotopic (exact) mass is 434 g/mol. The summed E-state index contributed by atoms with van der Waals surface area (Å²) in [5.74, 6) is 0.0816. The van der Waals surface area contributed by atoms with E-state index in [9.17, 15) is 9.59 Å². The Bertz CT molecular complexity index is 1010. The van der Waals surface area contributed by atoms with Crippen molar-refractivity contribution in [2.75, 3.05) is 14.2 Å². The van der Waals surface area contributed by atoms with Crippen molar-refractivity contribution < 1.29 is 38.0 Å². The van der Waals surface area contributed by atoms with Crippen molar-refractivity contribution in [3.8, 4) is 11.5 Å². The zero-order valence-electron chi connectivity index (χ0n) is 16.5. The molecule has 0 aromatic heterocycles. The first-order valence-electron chi connectivity index (χ1n) is 9.49. The molecule has 30 heavy (non-hydrogen) atoms. The van der Waals surface area contributed by atoms with Gasteiger partial charge in [0, 0.05) is 18.9 Å². The third-order valence-electron chi connectivity index (χ3n) is 5.72. The first kappa shape index (κ1) is 19.3. The highest BCUT2D eigenvalue weighted by molar-refractivity contribution is 6.33. The van der Waals surface area contributed by atoms with E-state index in [0.717, 1.165) is 5.57 Å². The molecule has 0 radical (unpaired) electrons. The number of hydrogen-bond donors (Lipinski definition) is 0. The van der Waals surface area contributed by atoms with Crippen LogP contribution < -0.4 is 9.47 Å². The standard InChI is InChI=1S/C21H19ClO8/c1-8(23)27-14-6-9-15-12(29-21(9)30-14)7-13-17(20(15)26-3)18(24)16-11(28-13)5-4-10(22)19(16)25-2/h4-5,7,9,13-14,17,21H,6H2,1-3H3/t9-,13?,14-,17?,21-/m0/s1. The first-order chi connectivity index (χ1) is 14.4. The fraction of sp³-hybridized carbons (Fsp3) is 0.429. The maximum Gasteiger partial charge on any atom is 0.304 e. The molecule has 5 atom stereocenters. The fourth-order valence-corrected chi connectivity index (χ4v) is 4.82. The lowest BCUT2D eigenvalue weighted by Gasteiger charge is -2.35. The van der Waals surface area contributed by atoms with Gasteiger partial charge in [0.05, 0.1) is 25.2 Å². The number of carbonyl (C=O) groups excluding carboxylic acids is 2. The molecule has 2 saturated heterocycles. The van der Waals surface area contributed by atoms with Crippen molar-refractivity contribution in [2.24, 2.45) is 11.8 Å². The largest absolute Gasteiger partial charge is 0.500 e. The molecule has 0 N–H and O–H groups in total. The summed E-state index contributed by atoms with van der Waals surface area (Å²) in [6.07, 6.45) is 0.241. The van der Waals surface area contributed by atoms with Crippen LogP contribution in [0.4, 0.5) is 0 Å². The van der Waals surface area contributed by atoms with Crippen molar-refractivity contribution in [1.29, 1.82) is 0 Å². The minimum absolute atomic E-state index is 0.209. The van der Waals surface area contributed by atoms with Gasteiger partial charge in [-0.15, -0.1) is 0 Å². The van der Waals surface area contributed by atoms with Crippen LogP contribution in [-0.4, -0.2) is 44.7 Å². The lowest BCUT2D eigenvalue weighted by Crippen LogP contribution is -2.41. The number of ether oxygens (including phenoxy) is 6. The molecule has 0 bridgehead atoms. The number of ketones is 1. The van der Waals surface area contributed by atoms with Gasteiger partial charge in [-0.1, -0.05) is 11.6 Å². The zero-order valence-corrected chi connectivity index (χ0v) is 17.2. The van der Waals surface area contributed by atoms with Crippen LogP contribution >= 0.6 is 11.6 Å². The normalized spacial score (nSPS) is 30.9. The predicted octanol–water partition coefficient (Wildman–Crippen LogP) is 2.99. The average Bonchev–Trinajstić information content (AvgIpc) is 3.23. The van der Waals surface area contributed by atoms with Crippen molar-refractivity contribution in [3.05, 3.63) is 45.9 Å². The van der Waals surface area contributed by atoms with Crippen molar-refractivity contribution in [3.63, 3.8) is 0 Å². The summed E-state index contributed by atoms with van der Waals surface area (Å²) in [5.41, 5.74) is 1.02. The third-order valence-corrected chi connectivity index (χ3v) is 6.01. The summed E-state index contributed by atoms with van der Waals surface area (Å²) >= 11 is 6.23. The minimum Gasteiger partial charge on any atom is -0.500 e. The zero-order chi connectivity index (χ0) is 21.2. The number of benzene rings is 1. The molecule has 158 valence electrons. The summed E-state index contributed by atoms with van der Waals surface area (Å²) in [4.78, 5) is 24.8. The van der Waals surface area contributed by atoms with E-state index in [1.807, 2.05) is 0 Å². The third kappa shape index (κ3) is 2.70. The molecule has 5 rings (SSSR count). The number of hydrogen-bond acceptors (Lipinski definition) is 8. The van der Waals surface area contributed by atoms with Crippen molar-refractivity contribution in [2.45, 2.75) is 32.0 Å². The molecule has 0 saturated carbocycles. The molecular formula is C21H19ClO8. The lowest BCUT2D eigenvalue weighted by atomic mass is 9.79. The molecule has 8 nitrogen and oxygen atoms in total. The van der Waals surface area contributed by atoms with Gasteiger partial charge < -0.3 is 28.4 Å². The van der Waals surface area contributed by atoms with E-state index >= 15 is 0 Å². The van der Waals surface area contributed by atoms with Crippen LogP contribution in [0.15, 0.2) is 35.3 Å². The van der Waals surface area contributed by atoms with Crippen molar-refractivity contribution >= 4 is 23.4 Å². The molecular weight excluding hydrogens is 416 g/mol. The van der Waals surface area contributed by atoms with Gasteiger partial charge in [-0.05, 0) is 18.2 Å². The molecule has 1 aromatic carbocycles. The Morgan fingerprint density at radius 2 is 2.00 bits per heavy atom. The van der Waals surface area contributed by atoms with Gasteiger partial charge in [-0.3, -0.25) is 9.59 Å². The van der Waals surface area contributed by atoms with E-state index in [1.54, 1.807) is 18.2 Å². The van der Waals surface area contributed by atoms with Crippen LogP contribution in [0.25, 0.3) is 0 Å². The van der Waals surface area contributed by atoms with E-state index in [1.165, 1.54) is 21.1 Å². The fourth-order valence-electron chi connectivity index (χ4n) is 4.59. The molecule has 1 aromatic rings. The topological polar surface area (TPSA) is 89.5 Å². The number of allylic oxidation sites excluding steroid dienone is 1. The van der Waals surface area contributed by atoms with Gasteiger partial charge in [0.1, 0.15) is 34.9 Å². The van der Waals surface area contributed by atoms with Gasteiger partial charge >= 0.3 is 5.97 Å². The molecule has 3 aliphatic heterocycles. The predicted molar refractivity (Wildman–Crippen MR) is 102 cm³/mol. The molecule has 2 fully saturated rings. The second-order valence-electron chi connectivity index (χ2n) is 7.39. The highest BCUT2D eigenvalue weighted by atomic mass is 35.5. The Balaban J connectivity index is 1.56. The molecule has 0 spiro atoms. The number of carbonyl (C=O) groups is 2. The van der Waals surface area contributed by atoms with E-state index < -0.39 is 30.6 Å². The second-order valence-corrected chi connectivity index (χ2v) is 7.80. The Kier molecular flexibility index (Phi) is 4.44. The summed E-state index contributed by atoms with van der Waals surface area (Å²) < 4.78 is 34.0. The number of rotatable bonds is 3. The van der Waals surface area contributed by atoms with Gasteiger partial charge in [0.2, 0.25) is 12.6 Å². The number of Topliss-reactive ketones (excluding diaryl/α,β-unsaturated/α-hetero) is 1.